The molecule has 30 heavy (non-hydrogen) atoms. The van der Waals surface area contributed by atoms with Crippen LogP contribution in [-0.4, -0.2) is 22.0 Å². The van der Waals surface area contributed by atoms with Crippen LogP contribution >= 0.6 is 0 Å². The van der Waals surface area contributed by atoms with Crippen LogP contribution in [0.4, 0.5) is 4.39 Å². The quantitative estimate of drug-likeness (QED) is 0.611. The molecule has 0 spiro atoms. The van der Waals surface area contributed by atoms with Crippen LogP contribution in [0.5, 0.6) is 11.6 Å². The molecule has 0 saturated carbocycles. The van der Waals surface area contributed by atoms with Crippen molar-refractivity contribution in [1.29, 1.82) is 0 Å². The molecule has 0 aliphatic rings. The first-order chi connectivity index (χ1) is 14.3. The Morgan fingerprint density at radius 1 is 1.13 bits per heavy atom. The molecule has 3 aromatic rings. The number of nitrogens with one attached hydrogen (secondary N) is 1. The minimum Gasteiger partial charge on any atom is -0.478 e. The van der Waals surface area contributed by atoms with Gasteiger partial charge in [-0.25, -0.2) is 14.2 Å². The van der Waals surface area contributed by atoms with Gasteiger partial charge >= 0.3 is 5.97 Å². The van der Waals surface area contributed by atoms with Crippen LogP contribution in [0.25, 0.3) is 0 Å². The summed E-state index contributed by atoms with van der Waals surface area (Å²) in [6.07, 6.45) is 1.56. The van der Waals surface area contributed by atoms with Gasteiger partial charge in [0.15, 0.2) is 0 Å². The summed E-state index contributed by atoms with van der Waals surface area (Å²) in [5.74, 6) is -1.49. The van der Waals surface area contributed by atoms with Crippen LogP contribution < -0.4 is 10.1 Å². The summed E-state index contributed by atoms with van der Waals surface area (Å²) < 4.78 is 19.6. The van der Waals surface area contributed by atoms with E-state index in [1.54, 1.807) is 51.2 Å². The zero-order chi connectivity index (χ0) is 21.8. The molecule has 0 radical (unpaired) electrons. The highest BCUT2D eigenvalue weighted by Crippen LogP contribution is 2.28. The number of hydrogen-bond acceptors (Lipinski definition) is 4. The fourth-order valence-corrected chi connectivity index (χ4v) is 2.88. The fourth-order valence-electron chi connectivity index (χ4n) is 2.88. The number of hydrogen-bond donors (Lipinski definition) is 2. The maximum Gasteiger partial charge on any atom is 0.335 e. The maximum absolute atomic E-state index is 13.8. The van der Waals surface area contributed by atoms with Gasteiger partial charge in [0.05, 0.1) is 11.6 Å². The first-order valence-electron chi connectivity index (χ1n) is 9.30. The van der Waals surface area contributed by atoms with Crippen molar-refractivity contribution in [2.24, 2.45) is 0 Å². The average molecular weight is 408 g/mol. The van der Waals surface area contributed by atoms with Gasteiger partial charge in [0, 0.05) is 11.8 Å². The van der Waals surface area contributed by atoms with Crippen molar-refractivity contribution >= 4 is 11.9 Å². The minimum atomic E-state index is -1.02. The molecular formula is C23H21FN2O4. The third-order valence-corrected chi connectivity index (χ3v) is 4.66. The molecule has 2 N–H and O–H groups in total. The molecule has 3 rings (SSSR count). The number of pyridine rings is 1. The molecule has 0 aliphatic heterocycles. The third kappa shape index (κ3) is 4.63. The molecule has 1 heterocycles. The maximum atomic E-state index is 13.8. The van der Waals surface area contributed by atoms with Gasteiger partial charge in [-0.15, -0.1) is 0 Å². The number of rotatable bonds is 6. The van der Waals surface area contributed by atoms with Crippen molar-refractivity contribution in [3.63, 3.8) is 0 Å². The Kier molecular flexibility index (Phi) is 6.11. The molecule has 154 valence electrons. The largest absolute Gasteiger partial charge is 0.478 e. The molecule has 0 fully saturated rings. The number of carboxylic acids is 1. The Hall–Kier alpha value is -3.74. The molecular weight excluding hydrogens is 387 g/mol. The number of carbonyl (C=O) groups excluding carboxylic acids is 1. The normalized spacial score (nSPS) is 11.6. The summed E-state index contributed by atoms with van der Waals surface area (Å²) in [5.41, 5.74) is 2.21. The van der Waals surface area contributed by atoms with Gasteiger partial charge in [-0.3, -0.25) is 4.79 Å². The van der Waals surface area contributed by atoms with E-state index in [-0.39, 0.29) is 28.8 Å². The highest BCUT2D eigenvalue weighted by Gasteiger charge is 2.19. The van der Waals surface area contributed by atoms with Crippen molar-refractivity contribution in [2.45, 2.75) is 26.8 Å². The molecule has 0 bridgehead atoms. The van der Waals surface area contributed by atoms with Crippen LogP contribution in [0, 0.1) is 19.7 Å². The number of aromatic nitrogens is 1. The average Bonchev–Trinajstić information content (AvgIpc) is 2.72. The molecule has 0 aliphatic carbocycles. The first kappa shape index (κ1) is 21.0. The Morgan fingerprint density at radius 3 is 2.50 bits per heavy atom. The predicted octanol–water partition coefficient (Wildman–Crippen LogP) is 4.82. The van der Waals surface area contributed by atoms with Gasteiger partial charge in [0.2, 0.25) is 5.88 Å². The van der Waals surface area contributed by atoms with Gasteiger partial charge in [-0.2, -0.15) is 0 Å². The predicted molar refractivity (Wildman–Crippen MR) is 109 cm³/mol. The number of aryl methyl sites for hydroxylation is 1. The third-order valence-electron chi connectivity index (χ3n) is 4.66. The number of aromatic carboxylic acids is 1. The summed E-state index contributed by atoms with van der Waals surface area (Å²) >= 11 is 0. The van der Waals surface area contributed by atoms with Crippen LogP contribution in [0.15, 0.2) is 54.7 Å². The van der Waals surface area contributed by atoms with E-state index in [9.17, 15) is 14.0 Å². The number of amides is 1. The van der Waals surface area contributed by atoms with E-state index in [0.717, 1.165) is 11.1 Å². The number of benzene rings is 2. The second kappa shape index (κ2) is 8.73. The number of nitrogens with zero attached hydrogens (tertiary/aromatic N) is 1. The van der Waals surface area contributed by atoms with E-state index >= 15 is 0 Å². The van der Waals surface area contributed by atoms with E-state index < -0.39 is 17.7 Å². The summed E-state index contributed by atoms with van der Waals surface area (Å²) in [4.78, 5) is 28.1. The summed E-state index contributed by atoms with van der Waals surface area (Å²) in [5, 5.41) is 11.9. The summed E-state index contributed by atoms with van der Waals surface area (Å²) in [6.45, 7) is 5.17. The zero-order valence-corrected chi connectivity index (χ0v) is 16.8. The monoisotopic (exact) mass is 408 g/mol. The Balaban J connectivity index is 1.83. The van der Waals surface area contributed by atoms with Crippen molar-refractivity contribution in [3.8, 4) is 11.6 Å². The number of halogens is 1. The topological polar surface area (TPSA) is 88.5 Å². The second-order valence-corrected chi connectivity index (χ2v) is 6.95. The van der Waals surface area contributed by atoms with Crippen LogP contribution in [0.1, 0.15) is 50.4 Å². The molecule has 0 saturated heterocycles. The first-order valence-corrected chi connectivity index (χ1v) is 9.30. The van der Waals surface area contributed by atoms with Gasteiger partial charge in [-0.1, -0.05) is 18.2 Å². The van der Waals surface area contributed by atoms with Gasteiger partial charge in [-0.05, 0) is 62.2 Å². The number of ether oxygens (including phenoxy) is 1. The minimum absolute atomic E-state index is 0.0697. The van der Waals surface area contributed by atoms with Crippen LogP contribution in [-0.2, 0) is 0 Å². The molecule has 1 unspecified atom stereocenters. The molecule has 1 amide bonds. The zero-order valence-electron chi connectivity index (χ0n) is 16.8. The SMILES string of the molecule is Cc1cnc(Oc2cccc(F)c2C)c(C(=O)NC(C)c2ccc(C(=O)O)cc2)c1. The second-order valence-electron chi connectivity index (χ2n) is 6.95. The van der Waals surface area contributed by atoms with E-state index in [1.165, 1.54) is 24.3 Å². The van der Waals surface area contributed by atoms with E-state index in [1.807, 2.05) is 0 Å². The standard InChI is InChI=1S/C23H21FN2O4/c1-13-11-18(22(25-12-13)30-20-6-4-5-19(24)14(20)2)21(27)26-15(3)16-7-9-17(10-8-16)23(28)29/h4-12,15H,1-3H3,(H,26,27)(H,28,29). The van der Waals surface area contributed by atoms with E-state index in [4.69, 9.17) is 9.84 Å². The van der Waals surface area contributed by atoms with Gasteiger partial charge in [0.25, 0.3) is 5.91 Å². The molecule has 1 atom stereocenters. The Labute approximate surface area is 173 Å². The Bertz CT molecular complexity index is 1100. The molecule has 6 nitrogen and oxygen atoms in total. The van der Waals surface area contributed by atoms with Crippen molar-refractivity contribution < 1.29 is 23.8 Å². The lowest BCUT2D eigenvalue weighted by atomic mass is 10.1. The lowest BCUT2D eigenvalue weighted by Gasteiger charge is -2.17. The van der Waals surface area contributed by atoms with E-state index in [0.29, 0.717) is 5.56 Å². The van der Waals surface area contributed by atoms with E-state index in [2.05, 4.69) is 10.3 Å². The van der Waals surface area contributed by atoms with Gasteiger partial charge < -0.3 is 15.2 Å². The lowest BCUT2D eigenvalue weighted by molar-refractivity contribution is 0.0696. The highest BCUT2D eigenvalue weighted by atomic mass is 19.1. The molecule has 2 aromatic carbocycles. The summed E-state index contributed by atoms with van der Waals surface area (Å²) in [6, 6.07) is 12.0. The van der Waals surface area contributed by atoms with Crippen molar-refractivity contribution in [2.75, 3.05) is 0 Å². The van der Waals surface area contributed by atoms with Gasteiger partial charge in [0.1, 0.15) is 17.1 Å². The summed E-state index contributed by atoms with van der Waals surface area (Å²) in [7, 11) is 0. The van der Waals surface area contributed by atoms with Crippen molar-refractivity contribution in [1.82, 2.24) is 10.3 Å². The lowest BCUT2D eigenvalue weighted by Crippen LogP contribution is -2.27. The van der Waals surface area contributed by atoms with Crippen LogP contribution in [0.2, 0.25) is 0 Å². The number of carbonyl (C=O) groups is 2. The Morgan fingerprint density at radius 2 is 1.83 bits per heavy atom. The smallest absolute Gasteiger partial charge is 0.335 e. The molecule has 1 aromatic heterocycles. The highest BCUT2D eigenvalue weighted by molar-refractivity contribution is 5.97. The molecule has 7 heteroatoms. The van der Waals surface area contributed by atoms with Crippen molar-refractivity contribution in [3.05, 3.63) is 88.4 Å². The number of carboxylic acid groups (broad SMARTS) is 1. The van der Waals surface area contributed by atoms with Crippen LogP contribution in [0.3, 0.4) is 0 Å². The fraction of sp³-hybridized carbons (Fsp3) is 0.174.